The van der Waals surface area contributed by atoms with Crippen LogP contribution in [0.1, 0.15) is 88.5 Å². The molecule has 0 heterocycles. The van der Waals surface area contributed by atoms with Crippen molar-refractivity contribution in [1.82, 2.24) is 0 Å². The van der Waals surface area contributed by atoms with Crippen molar-refractivity contribution in [3.63, 3.8) is 0 Å². The summed E-state index contributed by atoms with van der Waals surface area (Å²) in [6.07, 6.45) is 8.84. The molecule has 79 heavy (non-hydrogen) atoms. The first-order valence-electron chi connectivity index (χ1n) is 29.3. The highest BCUT2D eigenvalue weighted by atomic mass is 14.5. The Balaban J connectivity index is 0.962. The minimum absolute atomic E-state index is 0.145. The Labute approximate surface area is 466 Å². The average Bonchev–Trinajstić information content (AvgIpc) is 3.84. The molecular weight excluding hydrogens is 949 g/mol. The van der Waals surface area contributed by atoms with Crippen molar-refractivity contribution in [2.45, 2.75) is 84.5 Å². The van der Waals surface area contributed by atoms with E-state index in [0.717, 1.165) is 51.4 Å². The van der Waals surface area contributed by atoms with Crippen molar-refractivity contribution >= 4 is 64.6 Å². The zero-order valence-corrected chi connectivity index (χ0v) is 46.1. The van der Waals surface area contributed by atoms with Crippen LogP contribution in [0.2, 0.25) is 0 Å². The summed E-state index contributed by atoms with van der Waals surface area (Å²) in [4.78, 5) is 0. The number of fused-ring (bicyclic) bond motifs is 9. The van der Waals surface area contributed by atoms with Crippen LogP contribution in [0.3, 0.4) is 0 Å². The normalized spacial score (nSPS) is 12.8. The van der Waals surface area contributed by atoms with E-state index in [-0.39, 0.29) is 5.41 Å². The number of hydrogen-bond acceptors (Lipinski definition) is 0. The molecule has 0 radical (unpaired) electrons. The third-order valence-corrected chi connectivity index (χ3v) is 17.9. The van der Waals surface area contributed by atoms with Crippen LogP contribution in [0.25, 0.3) is 131 Å². The van der Waals surface area contributed by atoms with Gasteiger partial charge in [-0.15, -0.1) is 0 Å². The van der Waals surface area contributed by atoms with Gasteiger partial charge in [-0.3, -0.25) is 0 Å². The summed E-state index contributed by atoms with van der Waals surface area (Å²) in [5.74, 6) is 0. The van der Waals surface area contributed by atoms with Crippen LogP contribution in [0, 0.1) is 0 Å². The number of aryl methyl sites for hydroxylation is 2. The molecular formula is C79H66. The van der Waals surface area contributed by atoms with Crippen LogP contribution < -0.4 is 0 Å². The molecule has 13 aromatic carbocycles. The molecule has 13 aromatic rings. The zero-order chi connectivity index (χ0) is 53.2. The van der Waals surface area contributed by atoms with Crippen molar-refractivity contribution in [2.24, 2.45) is 0 Å². The predicted molar refractivity (Wildman–Crippen MR) is 343 cm³/mol. The molecule has 0 spiro atoms. The fraction of sp³-hybridized carbons (Fsp3) is 0.165. The second-order valence-corrected chi connectivity index (χ2v) is 22.5. The van der Waals surface area contributed by atoms with E-state index in [2.05, 4.69) is 258 Å². The standard InChI is InChI=1S/C79H66/c1-5-21-51-35-39-53(40-36-51)73-59-23-9-11-25-61(59)75(62-26-12-10-24-60(62)73)55-43-45-57-58-46-44-56(50-72(58)79(47-7-3,48-8-4)71(57)49-55)76-65-29-15-19-33-69(65)78(70-34-20-16-30-66(70)76)77-67-31-17-13-27-63(67)74(64-28-14-18-32-68(64)77)54-41-37-52(22-6-2)38-42-54/h9-20,23-46,49-50H,5-8,21-22,47-48H2,1-4H3. The zero-order valence-electron chi connectivity index (χ0n) is 46.1. The van der Waals surface area contributed by atoms with Gasteiger partial charge in [0.05, 0.1) is 0 Å². The van der Waals surface area contributed by atoms with Crippen LogP contribution in [0.4, 0.5) is 0 Å². The molecule has 0 bridgehead atoms. The molecule has 382 valence electrons. The van der Waals surface area contributed by atoms with Crippen LogP contribution in [-0.2, 0) is 18.3 Å². The second-order valence-electron chi connectivity index (χ2n) is 22.5. The fourth-order valence-corrected chi connectivity index (χ4v) is 14.7. The quantitative estimate of drug-likeness (QED) is 0.101. The maximum Gasteiger partial charge on any atom is 0.0215 e. The average molecular weight is 1020 g/mol. The highest BCUT2D eigenvalue weighted by molar-refractivity contribution is 6.30. The SMILES string of the molecule is CCCc1ccc(-c2c3ccccc3c(-c3ccc4c(c3)C(CCC)(CCC)c3cc(-c5c6ccccc6c(-c6c7ccccc7c(-c7ccc(CCC)cc7)c7ccccc67)c6ccccc56)ccc3-4)c3ccccc23)cc1. The molecule has 14 rings (SSSR count). The summed E-state index contributed by atoms with van der Waals surface area (Å²) in [5, 5.41) is 15.5. The Kier molecular flexibility index (Phi) is 12.4. The van der Waals surface area contributed by atoms with Gasteiger partial charge in [-0.25, -0.2) is 0 Å². The van der Waals surface area contributed by atoms with Gasteiger partial charge in [0.25, 0.3) is 0 Å². The van der Waals surface area contributed by atoms with Gasteiger partial charge in [0.15, 0.2) is 0 Å². The first-order chi connectivity index (χ1) is 39.0. The van der Waals surface area contributed by atoms with Crippen LogP contribution >= 0.6 is 0 Å². The van der Waals surface area contributed by atoms with E-state index in [1.807, 2.05) is 0 Å². The first kappa shape index (κ1) is 48.8. The van der Waals surface area contributed by atoms with Crippen molar-refractivity contribution < 1.29 is 0 Å². The van der Waals surface area contributed by atoms with Gasteiger partial charge in [-0.05, 0) is 191 Å². The van der Waals surface area contributed by atoms with Crippen LogP contribution in [0.15, 0.2) is 231 Å². The predicted octanol–water partition coefficient (Wildman–Crippen LogP) is 22.7. The monoisotopic (exact) mass is 1010 g/mol. The summed E-state index contributed by atoms with van der Waals surface area (Å²) in [6.45, 7) is 9.30. The third kappa shape index (κ3) is 7.78. The number of hydrogen-bond donors (Lipinski definition) is 0. The van der Waals surface area contributed by atoms with E-state index in [9.17, 15) is 0 Å². The second kappa shape index (κ2) is 20.0. The van der Waals surface area contributed by atoms with Gasteiger partial charge in [-0.2, -0.15) is 0 Å². The summed E-state index contributed by atoms with van der Waals surface area (Å²) >= 11 is 0. The minimum Gasteiger partial charge on any atom is -0.0653 e. The Morgan fingerprint density at radius 2 is 0.481 bits per heavy atom. The van der Waals surface area contributed by atoms with E-state index >= 15 is 0 Å². The Hall–Kier alpha value is -8.58. The van der Waals surface area contributed by atoms with E-state index in [1.165, 1.54) is 154 Å². The molecule has 0 aliphatic heterocycles. The molecule has 0 heteroatoms. The molecule has 0 saturated heterocycles. The molecule has 1 aliphatic carbocycles. The fourth-order valence-electron chi connectivity index (χ4n) is 14.7. The van der Waals surface area contributed by atoms with Gasteiger partial charge in [0, 0.05) is 5.41 Å². The van der Waals surface area contributed by atoms with Crippen molar-refractivity contribution in [1.29, 1.82) is 0 Å². The van der Waals surface area contributed by atoms with Crippen LogP contribution in [0.5, 0.6) is 0 Å². The molecule has 1 aliphatic rings. The van der Waals surface area contributed by atoms with Crippen molar-refractivity contribution in [3.05, 3.63) is 253 Å². The van der Waals surface area contributed by atoms with E-state index in [4.69, 9.17) is 0 Å². The highest BCUT2D eigenvalue weighted by Gasteiger charge is 2.42. The topological polar surface area (TPSA) is 0 Å². The summed E-state index contributed by atoms with van der Waals surface area (Å²) in [5.41, 5.74) is 21.4. The Morgan fingerprint density at radius 3 is 0.734 bits per heavy atom. The first-order valence-corrected chi connectivity index (χ1v) is 29.3. The lowest BCUT2D eigenvalue weighted by atomic mass is 9.70. The van der Waals surface area contributed by atoms with Gasteiger partial charge in [0.1, 0.15) is 0 Å². The van der Waals surface area contributed by atoms with Crippen LogP contribution in [-0.4, -0.2) is 0 Å². The molecule has 0 aromatic heterocycles. The molecule has 0 N–H and O–H groups in total. The van der Waals surface area contributed by atoms with Crippen molar-refractivity contribution in [2.75, 3.05) is 0 Å². The van der Waals surface area contributed by atoms with Gasteiger partial charge in [-0.1, -0.05) is 272 Å². The third-order valence-electron chi connectivity index (χ3n) is 17.9. The maximum atomic E-state index is 2.63. The Morgan fingerprint density at radius 1 is 0.241 bits per heavy atom. The van der Waals surface area contributed by atoms with Gasteiger partial charge >= 0.3 is 0 Å². The molecule has 0 atom stereocenters. The molecule has 0 amide bonds. The lowest BCUT2D eigenvalue weighted by Gasteiger charge is -2.33. The largest absolute Gasteiger partial charge is 0.0653 e. The highest BCUT2D eigenvalue weighted by Crippen LogP contribution is 2.58. The summed E-state index contributed by atoms with van der Waals surface area (Å²) in [6, 6.07) is 88.9. The lowest BCUT2D eigenvalue weighted by molar-refractivity contribution is 0.436. The molecule has 0 saturated carbocycles. The van der Waals surface area contributed by atoms with E-state index in [0.29, 0.717) is 0 Å². The number of benzene rings is 13. The molecule has 0 nitrogen and oxygen atoms in total. The summed E-state index contributed by atoms with van der Waals surface area (Å²) in [7, 11) is 0. The van der Waals surface area contributed by atoms with E-state index in [1.54, 1.807) is 0 Å². The van der Waals surface area contributed by atoms with Gasteiger partial charge < -0.3 is 0 Å². The summed E-state index contributed by atoms with van der Waals surface area (Å²) < 4.78 is 0. The van der Waals surface area contributed by atoms with E-state index < -0.39 is 0 Å². The maximum absolute atomic E-state index is 2.63. The molecule has 0 fully saturated rings. The smallest absolute Gasteiger partial charge is 0.0215 e. The lowest BCUT2D eigenvalue weighted by Crippen LogP contribution is -2.25. The van der Waals surface area contributed by atoms with Gasteiger partial charge in [0.2, 0.25) is 0 Å². The minimum atomic E-state index is -0.145. The van der Waals surface area contributed by atoms with Crippen molar-refractivity contribution in [3.8, 4) is 66.8 Å². The Bertz CT molecular complexity index is 4330. The molecule has 0 unspecified atom stereocenters. The number of rotatable bonds is 13.